The van der Waals surface area contributed by atoms with Crippen molar-refractivity contribution in [2.45, 2.75) is 52.0 Å². The Balaban J connectivity index is 1.92. The zero-order valence-corrected chi connectivity index (χ0v) is 12.1. The van der Waals surface area contributed by atoms with Crippen molar-refractivity contribution in [3.05, 3.63) is 29.3 Å². The van der Waals surface area contributed by atoms with Crippen molar-refractivity contribution in [1.82, 2.24) is 0 Å². The van der Waals surface area contributed by atoms with Gasteiger partial charge in [0.1, 0.15) is 5.75 Å². The first kappa shape index (κ1) is 13.0. The third-order valence-electron chi connectivity index (χ3n) is 5.13. The van der Waals surface area contributed by atoms with Crippen LogP contribution in [0.2, 0.25) is 0 Å². The van der Waals surface area contributed by atoms with E-state index in [1.807, 2.05) is 0 Å². The van der Waals surface area contributed by atoms with Crippen molar-refractivity contribution in [3.8, 4) is 5.75 Å². The van der Waals surface area contributed by atoms with E-state index in [1.165, 1.54) is 36.8 Å². The molecule has 0 aromatic heterocycles. The number of benzene rings is 1. The Bertz CT molecular complexity index is 466. The summed E-state index contributed by atoms with van der Waals surface area (Å²) in [5, 5.41) is 0. The summed E-state index contributed by atoms with van der Waals surface area (Å²) in [6.07, 6.45) is 6.24. The molecule has 0 spiro atoms. The molecule has 0 amide bonds. The van der Waals surface area contributed by atoms with Crippen molar-refractivity contribution in [2.75, 3.05) is 6.61 Å². The topological polar surface area (TPSA) is 35.2 Å². The van der Waals surface area contributed by atoms with Gasteiger partial charge in [0.25, 0.3) is 0 Å². The molecule has 1 aliphatic carbocycles. The van der Waals surface area contributed by atoms with Gasteiger partial charge < -0.3 is 10.5 Å². The van der Waals surface area contributed by atoms with E-state index >= 15 is 0 Å². The molecular formula is C17H25NO. The van der Waals surface area contributed by atoms with Gasteiger partial charge in [0.05, 0.1) is 6.61 Å². The molecule has 1 aromatic rings. The van der Waals surface area contributed by atoms with E-state index in [9.17, 15) is 0 Å². The minimum atomic E-state index is 0.114. The standard InChI is InChI=1S/C17H25NO/c1-17(2)10-4-3-8-14(17)15(18)13-7-5-6-12-9-11-19-16(12)13/h5-7,14-15H,3-4,8-11,18H2,1-2H3. The van der Waals surface area contributed by atoms with Gasteiger partial charge in [-0.1, -0.05) is 44.9 Å². The van der Waals surface area contributed by atoms with Crippen molar-refractivity contribution in [3.63, 3.8) is 0 Å². The molecule has 2 N–H and O–H groups in total. The van der Waals surface area contributed by atoms with Gasteiger partial charge in [-0.05, 0) is 29.7 Å². The molecule has 19 heavy (non-hydrogen) atoms. The molecule has 2 heteroatoms. The maximum Gasteiger partial charge on any atom is 0.127 e. The second kappa shape index (κ2) is 4.82. The van der Waals surface area contributed by atoms with Gasteiger partial charge in [-0.3, -0.25) is 0 Å². The molecule has 1 heterocycles. The summed E-state index contributed by atoms with van der Waals surface area (Å²) in [6.45, 7) is 5.56. The smallest absolute Gasteiger partial charge is 0.127 e. The lowest BCUT2D eigenvalue weighted by Gasteiger charge is -2.42. The summed E-state index contributed by atoms with van der Waals surface area (Å²) in [7, 11) is 0. The van der Waals surface area contributed by atoms with Crippen LogP contribution < -0.4 is 10.5 Å². The van der Waals surface area contributed by atoms with E-state index in [1.54, 1.807) is 0 Å². The molecule has 1 fully saturated rings. The van der Waals surface area contributed by atoms with Crippen LogP contribution in [-0.4, -0.2) is 6.61 Å². The molecule has 2 aliphatic rings. The number of hydrogen-bond acceptors (Lipinski definition) is 2. The average Bonchev–Trinajstić information content (AvgIpc) is 2.85. The molecule has 1 aromatic carbocycles. The third kappa shape index (κ3) is 2.27. The first-order valence-corrected chi connectivity index (χ1v) is 7.60. The van der Waals surface area contributed by atoms with E-state index in [0.29, 0.717) is 11.3 Å². The van der Waals surface area contributed by atoms with Gasteiger partial charge in [-0.15, -0.1) is 0 Å². The fourth-order valence-electron chi connectivity index (χ4n) is 3.91. The number of para-hydroxylation sites is 1. The summed E-state index contributed by atoms with van der Waals surface area (Å²) >= 11 is 0. The summed E-state index contributed by atoms with van der Waals surface area (Å²) in [6, 6.07) is 6.59. The van der Waals surface area contributed by atoms with Crippen molar-refractivity contribution >= 4 is 0 Å². The van der Waals surface area contributed by atoms with Crippen molar-refractivity contribution in [1.29, 1.82) is 0 Å². The largest absolute Gasteiger partial charge is 0.493 e. The number of ether oxygens (including phenoxy) is 1. The van der Waals surface area contributed by atoms with Crippen LogP contribution in [0, 0.1) is 11.3 Å². The Morgan fingerprint density at radius 3 is 2.95 bits per heavy atom. The molecule has 1 aliphatic heterocycles. The predicted molar refractivity (Wildman–Crippen MR) is 78.3 cm³/mol. The highest BCUT2D eigenvalue weighted by Crippen LogP contribution is 2.48. The highest BCUT2D eigenvalue weighted by molar-refractivity contribution is 5.45. The Morgan fingerprint density at radius 1 is 1.32 bits per heavy atom. The molecule has 0 radical (unpaired) electrons. The minimum absolute atomic E-state index is 0.114. The van der Waals surface area contributed by atoms with Gasteiger partial charge in [0.15, 0.2) is 0 Å². The first-order valence-electron chi connectivity index (χ1n) is 7.60. The summed E-state index contributed by atoms with van der Waals surface area (Å²) in [4.78, 5) is 0. The highest BCUT2D eigenvalue weighted by atomic mass is 16.5. The number of nitrogens with two attached hydrogens (primary N) is 1. The summed E-state index contributed by atoms with van der Waals surface area (Å²) < 4.78 is 5.83. The Morgan fingerprint density at radius 2 is 2.16 bits per heavy atom. The lowest BCUT2D eigenvalue weighted by Crippen LogP contribution is -2.36. The molecular weight excluding hydrogens is 234 g/mol. The molecule has 2 unspecified atom stereocenters. The second-order valence-electron chi connectivity index (χ2n) is 6.80. The third-order valence-corrected chi connectivity index (χ3v) is 5.13. The quantitative estimate of drug-likeness (QED) is 0.876. The van der Waals surface area contributed by atoms with Gasteiger partial charge in [0.2, 0.25) is 0 Å². The maximum absolute atomic E-state index is 6.64. The van der Waals surface area contributed by atoms with Gasteiger partial charge in [-0.25, -0.2) is 0 Å². The fourth-order valence-corrected chi connectivity index (χ4v) is 3.91. The van der Waals surface area contributed by atoms with Crippen LogP contribution in [0.25, 0.3) is 0 Å². The Kier molecular flexibility index (Phi) is 3.30. The van der Waals surface area contributed by atoms with Crippen LogP contribution in [0.1, 0.15) is 56.7 Å². The second-order valence-corrected chi connectivity index (χ2v) is 6.80. The molecule has 2 nitrogen and oxygen atoms in total. The first-order chi connectivity index (χ1) is 9.09. The monoisotopic (exact) mass is 259 g/mol. The molecule has 0 bridgehead atoms. The molecule has 1 saturated carbocycles. The zero-order chi connectivity index (χ0) is 13.5. The van der Waals surface area contributed by atoms with Gasteiger partial charge >= 0.3 is 0 Å². The van der Waals surface area contributed by atoms with Gasteiger partial charge in [0, 0.05) is 18.0 Å². The van der Waals surface area contributed by atoms with E-state index in [4.69, 9.17) is 10.5 Å². The van der Waals surface area contributed by atoms with Crippen LogP contribution in [0.3, 0.4) is 0 Å². The van der Waals surface area contributed by atoms with Crippen molar-refractivity contribution < 1.29 is 4.74 Å². The summed E-state index contributed by atoms with van der Waals surface area (Å²) in [5.74, 6) is 1.65. The normalized spacial score (nSPS) is 26.6. The van der Waals surface area contributed by atoms with Crippen LogP contribution in [0.5, 0.6) is 5.75 Å². The lowest BCUT2D eigenvalue weighted by atomic mass is 9.65. The van der Waals surface area contributed by atoms with Crippen LogP contribution >= 0.6 is 0 Å². The number of fused-ring (bicyclic) bond motifs is 1. The average molecular weight is 259 g/mol. The Hall–Kier alpha value is -1.02. The highest BCUT2D eigenvalue weighted by Gasteiger charge is 2.38. The predicted octanol–water partition coefficient (Wildman–Crippen LogP) is 3.84. The van der Waals surface area contributed by atoms with E-state index < -0.39 is 0 Å². The lowest BCUT2D eigenvalue weighted by molar-refractivity contribution is 0.111. The number of hydrogen-bond donors (Lipinski definition) is 1. The molecule has 0 saturated heterocycles. The van der Waals surface area contributed by atoms with Gasteiger partial charge in [-0.2, -0.15) is 0 Å². The van der Waals surface area contributed by atoms with E-state index in [2.05, 4.69) is 32.0 Å². The van der Waals surface area contributed by atoms with Crippen LogP contribution in [0.4, 0.5) is 0 Å². The molecule has 104 valence electrons. The zero-order valence-electron chi connectivity index (χ0n) is 12.1. The number of rotatable bonds is 2. The molecule has 3 rings (SSSR count). The SMILES string of the molecule is CC1(C)CCCCC1C(N)c1cccc2c1OCC2. The van der Waals surface area contributed by atoms with Crippen LogP contribution in [0.15, 0.2) is 18.2 Å². The van der Waals surface area contributed by atoms with E-state index in [-0.39, 0.29) is 6.04 Å². The fraction of sp³-hybridized carbons (Fsp3) is 0.647. The molecule has 2 atom stereocenters. The van der Waals surface area contributed by atoms with Crippen molar-refractivity contribution in [2.24, 2.45) is 17.1 Å². The van der Waals surface area contributed by atoms with E-state index in [0.717, 1.165) is 18.8 Å². The Labute approximate surface area is 116 Å². The summed E-state index contributed by atoms with van der Waals surface area (Å²) in [5.41, 5.74) is 9.55. The minimum Gasteiger partial charge on any atom is -0.493 e. The van der Waals surface area contributed by atoms with Crippen LogP contribution in [-0.2, 0) is 6.42 Å². The maximum atomic E-state index is 6.64.